The van der Waals surface area contributed by atoms with E-state index in [4.69, 9.17) is 0 Å². The molecular formula is C15H28F3IN4O2S. The molecule has 1 N–H and O–H groups in total. The summed E-state index contributed by atoms with van der Waals surface area (Å²) in [5, 5.41) is 3.29. The van der Waals surface area contributed by atoms with E-state index in [1.807, 2.05) is 0 Å². The van der Waals surface area contributed by atoms with E-state index in [1.54, 1.807) is 7.05 Å². The van der Waals surface area contributed by atoms with E-state index in [0.717, 1.165) is 31.9 Å². The van der Waals surface area contributed by atoms with Gasteiger partial charge in [-0.25, -0.2) is 8.42 Å². The van der Waals surface area contributed by atoms with Gasteiger partial charge >= 0.3 is 15.5 Å². The molecule has 0 bridgehead atoms. The van der Waals surface area contributed by atoms with Crippen molar-refractivity contribution < 1.29 is 21.6 Å². The number of rotatable bonds is 3. The standard InChI is InChI=1S/C15H27F3N4O2S.HI/c1-12-3-7-21(8-4-12)14(19-2)20-11-13-5-9-22(10-6-13)25(23,24)15(16,17)18;/h12-13H,3-11H2,1-2H3,(H,19,20);1H. The molecule has 0 spiro atoms. The first-order valence-electron chi connectivity index (χ1n) is 8.67. The number of halogens is 4. The van der Waals surface area contributed by atoms with Gasteiger partial charge in [-0.15, -0.1) is 24.0 Å². The fourth-order valence-electron chi connectivity index (χ4n) is 3.29. The number of nitrogens with one attached hydrogen (secondary N) is 1. The van der Waals surface area contributed by atoms with E-state index < -0.39 is 15.5 Å². The highest BCUT2D eigenvalue weighted by Crippen LogP contribution is 2.30. The van der Waals surface area contributed by atoms with Crippen LogP contribution in [0.5, 0.6) is 0 Å². The molecule has 0 aromatic rings. The van der Waals surface area contributed by atoms with Gasteiger partial charge in [0.1, 0.15) is 0 Å². The Kier molecular flexibility index (Phi) is 8.91. The monoisotopic (exact) mass is 512 g/mol. The number of guanidine groups is 1. The summed E-state index contributed by atoms with van der Waals surface area (Å²) in [5.41, 5.74) is -5.22. The number of aliphatic imine (C=N–C) groups is 1. The molecule has 0 atom stereocenters. The van der Waals surface area contributed by atoms with Gasteiger partial charge in [-0.3, -0.25) is 4.99 Å². The molecule has 2 saturated heterocycles. The summed E-state index contributed by atoms with van der Waals surface area (Å²) in [6.45, 7) is 4.54. The predicted octanol–water partition coefficient (Wildman–Crippen LogP) is 2.47. The molecule has 0 unspecified atom stereocenters. The zero-order valence-electron chi connectivity index (χ0n) is 15.1. The molecule has 11 heteroatoms. The highest BCUT2D eigenvalue weighted by molar-refractivity contribution is 14.0. The molecule has 2 fully saturated rings. The van der Waals surface area contributed by atoms with Crippen LogP contribution in [0.15, 0.2) is 4.99 Å². The van der Waals surface area contributed by atoms with Crippen LogP contribution in [-0.4, -0.2) is 68.9 Å². The third-order valence-corrected chi connectivity index (χ3v) is 6.68. The summed E-state index contributed by atoms with van der Waals surface area (Å²) >= 11 is 0. The van der Waals surface area contributed by atoms with E-state index in [1.165, 1.54) is 0 Å². The van der Waals surface area contributed by atoms with Crippen LogP contribution in [0.3, 0.4) is 0 Å². The van der Waals surface area contributed by atoms with E-state index in [0.29, 0.717) is 29.6 Å². The van der Waals surface area contributed by atoms with E-state index >= 15 is 0 Å². The minimum atomic E-state index is -5.22. The molecule has 2 rings (SSSR count). The average molecular weight is 512 g/mol. The number of alkyl halides is 3. The quantitative estimate of drug-likeness (QED) is 0.359. The highest BCUT2D eigenvalue weighted by atomic mass is 127. The van der Waals surface area contributed by atoms with Gasteiger partial charge in [0.15, 0.2) is 5.96 Å². The molecular weight excluding hydrogens is 484 g/mol. The zero-order valence-corrected chi connectivity index (χ0v) is 18.3. The summed E-state index contributed by atoms with van der Waals surface area (Å²) < 4.78 is 61.1. The van der Waals surface area contributed by atoms with Crippen LogP contribution in [0.1, 0.15) is 32.6 Å². The highest BCUT2D eigenvalue weighted by Gasteiger charge is 2.50. The Hall–Kier alpha value is -0.300. The molecule has 2 heterocycles. The maximum atomic E-state index is 12.6. The predicted molar refractivity (Wildman–Crippen MR) is 106 cm³/mol. The smallest absolute Gasteiger partial charge is 0.356 e. The van der Waals surface area contributed by atoms with Crippen molar-refractivity contribution in [3.8, 4) is 0 Å². The van der Waals surface area contributed by atoms with Crippen molar-refractivity contribution in [3.63, 3.8) is 0 Å². The number of piperidine rings is 2. The second-order valence-corrected chi connectivity index (χ2v) is 8.82. The third-order valence-electron chi connectivity index (χ3n) is 5.05. The molecule has 26 heavy (non-hydrogen) atoms. The van der Waals surface area contributed by atoms with Crippen molar-refractivity contribution in [2.45, 2.75) is 38.1 Å². The van der Waals surface area contributed by atoms with Gasteiger partial charge < -0.3 is 10.2 Å². The minimum absolute atomic E-state index is 0. The van der Waals surface area contributed by atoms with Crippen molar-refractivity contribution in [1.29, 1.82) is 0 Å². The van der Waals surface area contributed by atoms with Crippen molar-refractivity contribution in [2.75, 3.05) is 39.8 Å². The molecule has 0 aliphatic carbocycles. The van der Waals surface area contributed by atoms with E-state index in [2.05, 4.69) is 22.1 Å². The second-order valence-electron chi connectivity index (χ2n) is 6.89. The van der Waals surface area contributed by atoms with Gasteiger partial charge in [-0.1, -0.05) is 6.92 Å². The summed E-state index contributed by atoms with van der Waals surface area (Å²) in [6, 6.07) is 0. The summed E-state index contributed by atoms with van der Waals surface area (Å²) in [7, 11) is -3.48. The fraction of sp³-hybridized carbons (Fsp3) is 0.933. The third kappa shape index (κ3) is 5.85. The number of hydrogen-bond acceptors (Lipinski definition) is 3. The SMILES string of the molecule is CN=C(NCC1CCN(S(=O)(=O)C(F)(F)F)CC1)N1CCC(C)CC1.I. The number of nitrogens with zero attached hydrogens (tertiary/aromatic N) is 3. The molecule has 0 aromatic heterocycles. The van der Waals surface area contributed by atoms with Crippen LogP contribution in [-0.2, 0) is 10.0 Å². The van der Waals surface area contributed by atoms with Crippen LogP contribution in [0.25, 0.3) is 0 Å². The largest absolute Gasteiger partial charge is 0.511 e. The molecule has 0 aromatic carbocycles. The lowest BCUT2D eigenvalue weighted by molar-refractivity contribution is -0.0496. The summed E-state index contributed by atoms with van der Waals surface area (Å²) in [4.78, 5) is 6.48. The first kappa shape index (κ1) is 23.7. The Balaban J connectivity index is 0.00000338. The molecule has 0 amide bonds. The topological polar surface area (TPSA) is 65.0 Å². The molecule has 2 aliphatic heterocycles. The fourth-order valence-corrected chi connectivity index (χ4v) is 4.27. The summed E-state index contributed by atoms with van der Waals surface area (Å²) in [6.07, 6.45) is 3.06. The Bertz CT molecular complexity index is 570. The van der Waals surface area contributed by atoms with Gasteiger partial charge in [0.25, 0.3) is 0 Å². The van der Waals surface area contributed by atoms with Crippen LogP contribution < -0.4 is 5.32 Å². The Morgan fingerprint density at radius 1 is 1.12 bits per heavy atom. The first-order chi connectivity index (χ1) is 11.6. The number of sulfonamides is 1. The lowest BCUT2D eigenvalue weighted by atomic mass is 9.98. The van der Waals surface area contributed by atoms with Crippen molar-refractivity contribution in [3.05, 3.63) is 0 Å². The van der Waals surface area contributed by atoms with Crippen LogP contribution in [0, 0.1) is 11.8 Å². The Morgan fingerprint density at radius 2 is 1.65 bits per heavy atom. The van der Waals surface area contributed by atoms with Gasteiger partial charge in [-0.2, -0.15) is 17.5 Å². The van der Waals surface area contributed by atoms with Gasteiger partial charge in [0, 0.05) is 39.8 Å². The van der Waals surface area contributed by atoms with Crippen molar-refractivity contribution in [1.82, 2.24) is 14.5 Å². The minimum Gasteiger partial charge on any atom is -0.356 e. The zero-order chi connectivity index (χ0) is 18.7. The maximum absolute atomic E-state index is 12.6. The van der Waals surface area contributed by atoms with Crippen molar-refractivity contribution in [2.24, 2.45) is 16.8 Å². The van der Waals surface area contributed by atoms with Crippen LogP contribution in [0.4, 0.5) is 13.2 Å². The van der Waals surface area contributed by atoms with Crippen LogP contribution >= 0.6 is 24.0 Å². The summed E-state index contributed by atoms with van der Waals surface area (Å²) in [5.74, 6) is 1.67. The van der Waals surface area contributed by atoms with Gasteiger partial charge in [0.05, 0.1) is 0 Å². The maximum Gasteiger partial charge on any atom is 0.511 e. The molecule has 0 saturated carbocycles. The molecule has 154 valence electrons. The lowest BCUT2D eigenvalue weighted by Crippen LogP contribution is -2.49. The lowest BCUT2D eigenvalue weighted by Gasteiger charge is -2.35. The van der Waals surface area contributed by atoms with E-state index in [-0.39, 0.29) is 43.0 Å². The second kappa shape index (κ2) is 9.76. The molecule has 2 aliphatic rings. The normalized spacial score (nSPS) is 22.2. The Morgan fingerprint density at radius 3 is 2.12 bits per heavy atom. The van der Waals surface area contributed by atoms with E-state index in [9.17, 15) is 21.6 Å². The van der Waals surface area contributed by atoms with Crippen molar-refractivity contribution >= 4 is 40.0 Å². The first-order valence-corrected chi connectivity index (χ1v) is 10.1. The van der Waals surface area contributed by atoms with Crippen LogP contribution in [0.2, 0.25) is 0 Å². The van der Waals surface area contributed by atoms with Gasteiger partial charge in [-0.05, 0) is 37.5 Å². The van der Waals surface area contributed by atoms with Gasteiger partial charge in [0.2, 0.25) is 0 Å². The molecule has 0 radical (unpaired) electrons. The average Bonchev–Trinajstić information content (AvgIpc) is 2.56. The number of hydrogen-bond donors (Lipinski definition) is 1. The Labute approximate surface area is 170 Å². The molecule has 6 nitrogen and oxygen atoms in total. The number of likely N-dealkylation sites (tertiary alicyclic amines) is 1.